The zero-order valence-electron chi connectivity index (χ0n) is 13.1. The molecule has 114 valence electrons. The maximum Gasteiger partial charge on any atom is 0.232 e. The minimum atomic E-state index is -0.574. The Balaban J connectivity index is 2.37. The van der Waals surface area contributed by atoms with E-state index >= 15 is 0 Å². The first-order chi connectivity index (χ1) is 10.3. The Hall–Kier alpha value is -2.74. The third-order valence-corrected chi connectivity index (χ3v) is 3.12. The number of carbonyl (C=O) groups is 1. The number of amides is 1. The Morgan fingerprint density at radius 1 is 1.32 bits per heavy atom. The molecule has 0 radical (unpaired) electrons. The number of nitrogens with one attached hydrogen (secondary N) is 1. The molecule has 1 aromatic carbocycles. The second-order valence-corrected chi connectivity index (χ2v) is 5.90. The number of nitrogens with zero attached hydrogens (tertiary/aromatic N) is 1. The number of rotatable bonds is 3. The average molecular weight is 298 g/mol. The first-order valence-corrected chi connectivity index (χ1v) is 6.85. The molecule has 0 saturated heterocycles. The Labute approximate surface area is 129 Å². The normalized spacial score (nSPS) is 10.9. The van der Waals surface area contributed by atoms with Crippen LogP contribution in [0.25, 0.3) is 11.3 Å². The third kappa shape index (κ3) is 3.29. The molecule has 1 heterocycles. The van der Waals surface area contributed by atoms with Crippen molar-refractivity contribution in [3.05, 3.63) is 35.9 Å². The van der Waals surface area contributed by atoms with Crippen LogP contribution in [0.15, 0.2) is 34.7 Å². The Bertz CT molecular complexity index is 733. The molecule has 0 unspecified atom stereocenters. The molecular weight excluding hydrogens is 280 g/mol. The van der Waals surface area contributed by atoms with E-state index in [9.17, 15) is 10.1 Å². The molecule has 0 aliphatic heterocycles. The van der Waals surface area contributed by atoms with Crippen LogP contribution in [0.2, 0.25) is 0 Å². The van der Waals surface area contributed by atoms with Gasteiger partial charge >= 0.3 is 0 Å². The van der Waals surface area contributed by atoms with Gasteiger partial charge in [-0.05, 0) is 12.1 Å². The molecule has 1 amide bonds. The number of benzene rings is 1. The minimum absolute atomic E-state index is 0.167. The molecular formula is C17H18N2O3. The summed E-state index contributed by atoms with van der Waals surface area (Å²) in [6.07, 6.45) is 0. The molecule has 1 aromatic heterocycles. The van der Waals surface area contributed by atoms with Crippen LogP contribution in [-0.2, 0) is 4.79 Å². The molecule has 0 saturated carbocycles. The molecule has 2 rings (SSSR count). The highest BCUT2D eigenvalue weighted by Crippen LogP contribution is 2.31. The molecule has 0 spiro atoms. The molecule has 0 atom stereocenters. The van der Waals surface area contributed by atoms with Gasteiger partial charge in [-0.1, -0.05) is 32.9 Å². The number of hydrogen-bond acceptors (Lipinski definition) is 4. The summed E-state index contributed by atoms with van der Waals surface area (Å²) in [6.45, 7) is 5.38. The van der Waals surface area contributed by atoms with Crippen molar-refractivity contribution in [2.24, 2.45) is 5.41 Å². The number of hydrogen-bond donors (Lipinski definition) is 1. The van der Waals surface area contributed by atoms with Crippen LogP contribution in [-0.4, -0.2) is 13.0 Å². The highest BCUT2D eigenvalue weighted by Gasteiger charge is 2.24. The van der Waals surface area contributed by atoms with Crippen LogP contribution < -0.4 is 10.1 Å². The van der Waals surface area contributed by atoms with Crippen LogP contribution in [0, 0.1) is 16.7 Å². The first kappa shape index (κ1) is 15.6. The van der Waals surface area contributed by atoms with Crippen LogP contribution in [0.5, 0.6) is 5.75 Å². The summed E-state index contributed by atoms with van der Waals surface area (Å²) < 4.78 is 10.8. The summed E-state index contributed by atoms with van der Waals surface area (Å²) in [5.41, 5.74) is 0.484. The van der Waals surface area contributed by atoms with Crippen molar-refractivity contribution in [3.8, 4) is 23.1 Å². The molecule has 0 aliphatic rings. The molecule has 0 aliphatic carbocycles. The molecule has 22 heavy (non-hydrogen) atoms. The Morgan fingerprint density at radius 3 is 2.64 bits per heavy atom. The number of ether oxygens (including phenoxy) is 1. The van der Waals surface area contributed by atoms with E-state index in [2.05, 4.69) is 5.32 Å². The van der Waals surface area contributed by atoms with Gasteiger partial charge in [-0.2, -0.15) is 5.26 Å². The number of nitriles is 1. The lowest BCUT2D eigenvalue weighted by Crippen LogP contribution is -2.27. The fraction of sp³-hybridized carbons (Fsp3) is 0.294. The van der Waals surface area contributed by atoms with Crippen molar-refractivity contribution in [2.45, 2.75) is 20.8 Å². The SMILES string of the molecule is COc1cccc(-c2cc(C#N)c(NC(=O)C(C)(C)C)o2)c1. The molecule has 0 fully saturated rings. The lowest BCUT2D eigenvalue weighted by atomic mass is 9.96. The zero-order chi connectivity index (χ0) is 16.3. The summed E-state index contributed by atoms with van der Waals surface area (Å²) in [5.74, 6) is 1.14. The predicted octanol–water partition coefficient (Wildman–Crippen LogP) is 3.81. The van der Waals surface area contributed by atoms with E-state index in [0.29, 0.717) is 11.5 Å². The van der Waals surface area contributed by atoms with E-state index in [-0.39, 0.29) is 17.4 Å². The maximum atomic E-state index is 12.0. The van der Waals surface area contributed by atoms with Crippen LogP contribution in [0.4, 0.5) is 5.88 Å². The summed E-state index contributed by atoms with van der Waals surface area (Å²) in [7, 11) is 1.58. The monoisotopic (exact) mass is 298 g/mol. The van der Waals surface area contributed by atoms with Crippen molar-refractivity contribution in [1.29, 1.82) is 5.26 Å². The van der Waals surface area contributed by atoms with E-state index in [1.165, 1.54) is 0 Å². The quantitative estimate of drug-likeness (QED) is 0.934. The highest BCUT2D eigenvalue weighted by molar-refractivity contribution is 5.94. The van der Waals surface area contributed by atoms with E-state index in [1.54, 1.807) is 40.0 Å². The lowest BCUT2D eigenvalue weighted by Gasteiger charge is -2.16. The summed E-state index contributed by atoms with van der Waals surface area (Å²) in [4.78, 5) is 12.0. The minimum Gasteiger partial charge on any atom is -0.497 e. The van der Waals surface area contributed by atoms with Gasteiger partial charge in [0.1, 0.15) is 23.1 Å². The van der Waals surface area contributed by atoms with Gasteiger partial charge in [-0.15, -0.1) is 0 Å². The average Bonchev–Trinajstić information content (AvgIpc) is 2.89. The molecule has 2 aromatic rings. The fourth-order valence-corrected chi connectivity index (χ4v) is 1.78. The lowest BCUT2D eigenvalue weighted by molar-refractivity contribution is -0.123. The van der Waals surface area contributed by atoms with E-state index in [1.807, 2.05) is 24.3 Å². The van der Waals surface area contributed by atoms with E-state index < -0.39 is 5.41 Å². The van der Waals surface area contributed by atoms with Gasteiger partial charge in [0.25, 0.3) is 0 Å². The van der Waals surface area contributed by atoms with E-state index in [4.69, 9.17) is 9.15 Å². The van der Waals surface area contributed by atoms with Crippen molar-refractivity contribution in [3.63, 3.8) is 0 Å². The van der Waals surface area contributed by atoms with Crippen LogP contribution in [0.3, 0.4) is 0 Å². The van der Waals surface area contributed by atoms with Gasteiger partial charge in [0.2, 0.25) is 11.8 Å². The smallest absolute Gasteiger partial charge is 0.232 e. The Kier molecular flexibility index (Phi) is 4.22. The predicted molar refractivity (Wildman–Crippen MR) is 83.5 cm³/mol. The molecule has 5 nitrogen and oxygen atoms in total. The topological polar surface area (TPSA) is 75.3 Å². The molecule has 0 bridgehead atoms. The van der Waals surface area contributed by atoms with E-state index in [0.717, 1.165) is 5.56 Å². The second kappa shape index (κ2) is 5.94. The van der Waals surface area contributed by atoms with Gasteiger partial charge in [0.05, 0.1) is 7.11 Å². The van der Waals surface area contributed by atoms with Crippen molar-refractivity contribution in [1.82, 2.24) is 0 Å². The summed E-state index contributed by atoms with van der Waals surface area (Å²) in [6, 6.07) is 10.9. The van der Waals surface area contributed by atoms with Gasteiger partial charge in [-0.25, -0.2) is 0 Å². The number of anilines is 1. The summed E-state index contributed by atoms with van der Waals surface area (Å²) >= 11 is 0. The maximum absolute atomic E-state index is 12.0. The fourth-order valence-electron chi connectivity index (χ4n) is 1.78. The van der Waals surface area contributed by atoms with Gasteiger partial charge < -0.3 is 9.15 Å². The van der Waals surface area contributed by atoms with Crippen molar-refractivity contribution in [2.75, 3.05) is 12.4 Å². The van der Waals surface area contributed by atoms with Gasteiger partial charge in [0.15, 0.2) is 0 Å². The van der Waals surface area contributed by atoms with Crippen LogP contribution >= 0.6 is 0 Å². The molecule has 1 N–H and O–H groups in total. The first-order valence-electron chi connectivity index (χ1n) is 6.85. The van der Waals surface area contributed by atoms with Gasteiger partial charge in [-0.3, -0.25) is 10.1 Å². The summed E-state index contributed by atoms with van der Waals surface area (Å²) in [5, 5.41) is 11.9. The standard InChI is InChI=1S/C17H18N2O3/c1-17(2,3)16(20)19-15-12(10-18)9-14(22-15)11-6-5-7-13(8-11)21-4/h5-9H,1-4H3,(H,19,20). The number of methoxy groups -OCH3 is 1. The van der Waals surface area contributed by atoms with Crippen molar-refractivity contribution >= 4 is 11.8 Å². The van der Waals surface area contributed by atoms with Gasteiger partial charge in [0, 0.05) is 17.0 Å². The zero-order valence-corrected chi connectivity index (χ0v) is 13.1. The number of furan rings is 1. The van der Waals surface area contributed by atoms with Crippen molar-refractivity contribution < 1.29 is 13.9 Å². The largest absolute Gasteiger partial charge is 0.497 e. The second-order valence-electron chi connectivity index (χ2n) is 5.90. The Morgan fingerprint density at radius 2 is 2.05 bits per heavy atom. The number of carbonyl (C=O) groups excluding carboxylic acids is 1. The highest BCUT2D eigenvalue weighted by atomic mass is 16.5. The molecule has 5 heteroatoms. The van der Waals surface area contributed by atoms with Crippen LogP contribution in [0.1, 0.15) is 26.3 Å². The third-order valence-electron chi connectivity index (χ3n) is 3.12.